The van der Waals surface area contributed by atoms with Crippen molar-refractivity contribution in [1.82, 2.24) is 10.2 Å². The van der Waals surface area contributed by atoms with Crippen molar-refractivity contribution in [3.8, 4) is 0 Å². The molecule has 0 atom stereocenters. The monoisotopic (exact) mass is 367 g/mol. The van der Waals surface area contributed by atoms with Gasteiger partial charge in [0, 0.05) is 17.8 Å². The van der Waals surface area contributed by atoms with Gasteiger partial charge in [0.05, 0.1) is 13.1 Å². The third kappa shape index (κ3) is 6.58. The number of nitrogens with zero attached hydrogens (tertiary/aromatic N) is 1. The molecule has 0 bridgehead atoms. The first kappa shape index (κ1) is 20.2. The van der Waals surface area contributed by atoms with Crippen molar-refractivity contribution < 1.29 is 14.4 Å². The van der Waals surface area contributed by atoms with Crippen LogP contribution in [0.1, 0.15) is 29.3 Å². The fraction of sp³-hybridized carbons (Fsp3) is 0.286. The molecule has 3 amide bonds. The smallest absolute Gasteiger partial charge is 0.254 e. The third-order valence-electron chi connectivity index (χ3n) is 3.92. The van der Waals surface area contributed by atoms with Crippen LogP contribution in [0.5, 0.6) is 0 Å². The number of rotatable bonds is 8. The van der Waals surface area contributed by atoms with Gasteiger partial charge >= 0.3 is 0 Å². The van der Waals surface area contributed by atoms with Crippen LogP contribution in [0.25, 0.3) is 0 Å². The zero-order valence-corrected chi connectivity index (χ0v) is 15.7. The van der Waals surface area contributed by atoms with E-state index in [0.717, 1.165) is 12.0 Å². The van der Waals surface area contributed by atoms with Gasteiger partial charge in [-0.05, 0) is 37.6 Å². The highest BCUT2D eigenvalue weighted by Gasteiger charge is 2.18. The second-order valence-corrected chi connectivity index (χ2v) is 6.28. The quantitative estimate of drug-likeness (QED) is 0.753. The van der Waals surface area contributed by atoms with Crippen molar-refractivity contribution >= 4 is 23.4 Å². The number of anilines is 1. The summed E-state index contributed by atoms with van der Waals surface area (Å²) < 4.78 is 0. The molecule has 0 aromatic heterocycles. The van der Waals surface area contributed by atoms with E-state index in [1.807, 2.05) is 44.2 Å². The van der Waals surface area contributed by atoms with E-state index >= 15 is 0 Å². The summed E-state index contributed by atoms with van der Waals surface area (Å²) >= 11 is 0. The molecule has 0 unspecified atom stereocenters. The van der Waals surface area contributed by atoms with Gasteiger partial charge in [-0.1, -0.05) is 42.8 Å². The maximum atomic E-state index is 12.6. The Morgan fingerprint density at radius 2 is 1.59 bits per heavy atom. The molecule has 0 fully saturated rings. The van der Waals surface area contributed by atoms with E-state index in [9.17, 15) is 14.4 Å². The highest BCUT2D eigenvalue weighted by atomic mass is 16.2. The van der Waals surface area contributed by atoms with E-state index in [1.54, 1.807) is 24.3 Å². The van der Waals surface area contributed by atoms with Gasteiger partial charge in [-0.2, -0.15) is 0 Å². The Balaban J connectivity index is 1.87. The van der Waals surface area contributed by atoms with Crippen LogP contribution in [-0.4, -0.2) is 42.3 Å². The lowest BCUT2D eigenvalue weighted by Crippen LogP contribution is -2.43. The number of carbonyl (C=O) groups excluding carboxylic acids is 3. The average molecular weight is 367 g/mol. The molecular formula is C21H25N3O3. The summed E-state index contributed by atoms with van der Waals surface area (Å²) in [5, 5.41) is 5.26. The minimum atomic E-state index is -0.368. The predicted octanol–water partition coefficient (Wildman–Crippen LogP) is 2.60. The number of aryl methyl sites for hydroxylation is 1. The van der Waals surface area contributed by atoms with Crippen molar-refractivity contribution in [3.63, 3.8) is 0 Å². The molecule has 2 rings (SSSR count). The molecule has 0 heterocycles. The van der Waals surface area contributed by atoms with E-state index in [4.69, 9.17) is 0 Å². The molecule has 27 heavy (non-hydrogen) atoms. The molecule has 2 aromatic rings. The molecule has 142 valence electrons. The largest absolute Gasteiger partial charge is 0.345 e. The van der Waals surface area contributed by atoms with Crippen molar-refractivity contribution in [1.29, 1.82) is 0 Å². The summed E-state index contributed by atoms with van der Waals surface area (Å²) in [7, 11) is 0. The second kappa shape index (κ2) is 10.1. The second-order valence-electron chi connectivity index (χ2n) is 6.28. The molecule has 0 aliphatic heterocycles. The van der Waals surface area contributed by atoms with Crippen LogP contribution in [0.3, 0.4) is 0 Å². The van der Waals surface area contributed by atoms with Crippen LogP contribution in [0.2, 0.25) is 0 Å². The van der Waals surface area contributed by atoms with E-state index in [1.165, 1.54) is 4.90 Å². The Morgan fingerprint density at radius 3 is 2.22 bits per heavy atom. The van der Waals surface area contributed by atoms with E-state index in [2.05, 4.69) is 10.6 Å². The Morgan fingerprint density at radius 1 is 0.926 bits per heavy atom. The highest BCUT2D eigenvalue weighted by Crippen LogP contribution is 2.08. The summed E-state index contributed by atoms with van der Waals surface area (Å²) in [6.45, 7) is 4.13. The number of hydrogen-bond acceptors (Lipinski definition) is 3. The molecule has 0 radical (unpaired) electrons. The summed E-state index contributed by atoms with van der Waals surface area (Å²) in [5.41, 5.74) is 2.28. The van der Waals surface area contributed by atoms with Gasteiger partial charge in [0.1, 0.15) is 0 Å². The number of amides is 3. The fourth-order valence-corrected chi connectivity index (χ4v) is 2.54. The zero-order chi connectivity index (χ0) is 19.6. The maximum Gasteiger partial charge on any atom is 0.254 e. The number of para-hydroxylation sites is 1. The summed E-state index contributed by atoms with van der Waals surface area (Å²) in [5.74, 6) is -0.880. The van der Waals surface area contributed by atoms with Gasteiger partial charge in [0.25, 0.3) is 5.91 Å². The summed E-state index contributed by atoms with van der Waals surface area (Å²) in [4.78, 5) is 38.2. The molecule has 0 aliphatic carbocycles. The molecule has 6 nitrogen and oxygen atoms in total. The number of nitrogens with one attached hydrogen (secondary N) is 2. The predicted molar refractivity (Wildman–Crippen MR) is 105 cm³/mol. The fourth-order valence-electron chi connectivity index (χ4n) is 2.54. The topological polar surface area (TPSA) is 78.5 Å². The third-order valence-corrected chi connectivity index (χ3v) is 3.92. The Bertz CT molecular complexity index is 773. The van der Waals surface area contributed by atoms with E-state index in [0.29, 0.717) is 17.8 Å². The lowest BCUT2D eigenvalue weighted by molar-refractivity contribution is -0.124. The molecule has 0 saturated heterocycles. The van der Waals surface area contributed by atoms with Crippen LogP contribution < -0.4 is 10.6 Å². The van der Waals surface area contributed by atoms with Gasteiger partial charge in [-0.15, -0.1) is 0 Å². The normalized spacial score (nSPS) is 10.1. The number of hydrogen-bond donors (Lipinski definition) is 2. The molecule has 2 N–H and O–H groups in total. The minimum Gasteiger partial charge on any atom is -0.345 e. The first-order valence-corrected chi connectivity index (χ1v) is 8.97. The average Bonchev–Trinajstić information content (AvgIpc) is 2.67. The summed E-state index contributed by atoms with van der Waals surface area (Å²) in [6.07, 6.45) is 0.735. The number of benzene rings is 2. The highest BCUT2D eigenvalue weighted by molar-refractivity contribution is 5.98. The van der Waals surface area contributed by atoms with Crippen LogP contribution in [0.15, 0.2) is 54.6 Å². The van der Waals surface area contributed by atoms with Crippen LogP contribution in [-0.2, 0) is 9.59 Å². The lowest BCUT2D eigenvalue weighted by Gasteiger charge is -2.21. The standard InChI is InChI=1S/C21H25N3O3/c1-3-13-24(21(27)17-11-9-16(2)10-12-17)15-20(26)22-14-19(25)23-18-7-5-4-6-8-18/h4-12H,3,13-15H2,1-2H3,(H,22,26)(H,23,25). The Kier molecular flexibility index (Phi) is 7.55. The van der Waals surface area contributed by atoms with Gasteiger partial charge < -0.3 is 15.5 Å². The van der Waals surface area contributed by atoms with Gasteiger partial charge in [-0.3, -0.25) is 14.4 Å². The van der Waals surface area contributed by atoms with Crippen LogP contribution >= 0.6 is 0 Å². The van der Waals surface area contributed by atoms with Crippen LogP contribution in [0.4, 0.5) is 5.69 Å². The molecule has 6 heteroatoms. The molecular weight excluding hydrogens is 342 g/mol. The molecule has 0 saturated carbocycles. The number of carbonyl (C=O) groups is 3. The van der Waals surface area contributed by atoms with Gasteiger partial charge in [0.15, 0.2) is 0 Å². The SMILES string of the molecule is CCCN(CC(=O)NCC(=O)Nc1ccccc1)C(=O)c1ccc(C)cc1. The van der Waals surface area contributed by atoms with Gasteiger partial charge in [0.2, 0.25) is 11.8 Å². The molecule has 2 aromatic carbocycles. The zero-order valence-electron chi connectivity index (χ0n) is 15.7. The van der Waals surface area contributed by atoms with E-state index in [-0.39, 0.29) is 30.8 Å². The van der Waals surface area contributed by atoms with Crippen molar-refractivity contribution in [2.24, 2.45) is 0 Å². The summed E-state index contributed by atoms with van der Waals surface area (Å²) in [6, 6.07) is 16.3. The van der Waals surface area contributed by atoms with Crippen molar-refractivity contribution in [3.05, 3.63) is 65.7 Å². The molecule has 0 aliphatic rings. The van der Waals surface area contributed by atoms with E-state index < -0.39 is 0 Å². The van der Waals surface area contributed by atoms with Gasteiger partial charge in [-0.25, -0.2) is 0 Å². The van der Waals surface area contributed by atoms with Crippen LogP contribution in [0, 0.1) is 6.92 Å². The Hall–Kier alpha value is -3.15. The Labute approximate surface area is 159 Å². The lowest BCUT2D eigenvalue weighted by atomic mass is 10.1. The maximum absolute atomic E-state index is 12.6. The molecule has 0 spiro atoms. The van der Waals surface area contributed by atoms with Crippen molar-refractivity contribution in [2.45, 2.75) is 20.3 Å². The minimum absolute atomic E-state index is 0.0842. The first-order valence-electron chi connectivity index (χ1n) is 8.97. The van der Waals surface area contributed by atoms with Crippen molar-refractivity contribution in [2.75, 3.05) is 25.0 Å². The first-order chi connectivity index (χ1) is 13.0.